The Morgan fingerprint density at radius 2 is 2.35 bits per heavy atom. The van der Waals surface area contributed by atoms with Crippen molar-refractivity contribution in [2.45, 2.75) is 13.5 Å². The van der Waals surface area contributed by atoms with Gasteiger partial charge in [-0.2, -0.15) is 0 Å². The summed E-state index contributed by atoms with van der Waals surface area (Å²) in [6.45, 7) is 3.34. The van der Waals surface area contributed by atoms with Crippen molar-refractivity contribution < 1.29 is 4.39 Å². The van der Waals surface area contributed by atoms with Crippen molar-refractivity contribution in [2.24, 2.45) is 0 Å². The van der Waals surface area contributed by atoms with Crippen molar-refractivity contribution >= 4 is 28.8 Å². The molecule has 0 aliphatic carbocycles. The molecule has 0 aliphatic rings. The van der Waals surface area contributed by atoms with Gasteiger partial charge in [-0.05, 0) is 24.4 Å². The smallest absolute Gasteiger partial charge is 0.167 e. The van der Waals surface area contributed by atoms with E-state index in [1.807, 2.05) is 29.3 Å². The van der Waals surface area contributed by atoms with E-state index in [4.69, 9.17) is 11.6 Å². The molecule has 0 aromatic carbocycles. The number of anilines is 1. The van der Waals surface area contributed by atoms with Crippen molar-refractivity contribution in [1.29, 1.82) is 0 Å². The van der Waals surface area contributed by atoms with Gasteiger partial charge in [0.25, 0.3) is 0 Å². The summed E-state index contributed by atoms with van der Waals surface area (Å²) in [5.74, 6) is -0.0267. The lowest BCUT2D eigenvalue weighted by atomic mass is 10.3. The zero-order valence-electron chi connectivity index (χ0n) is 9.36. The first-order valence-corrected chi connectivity index (χ1v) is 6.55. The van der Waals surface area contributed by atoms with Crippen molar-refractivity contribution in [1.82, 2.24) is 4.98 Å². The Kier molecular flexibility index (Phi) is 3.97. The lowest BCUT2D eigenvalue weighted by molar-refractivity contribution is 0.610. The van der Waals surface area contributed by atoms with Crippen LogP contribution in [0.3, 0.4) is 0 Å². The summed E-state index contributed by atoms with van der Waals surface area (Å²) in [5.41, 5.74) is 0. The molecule has 2 heterocycles. The van der Waals surface area contributed by atoms with E-state index in [2.05, 4.69) is 4.98 Å². The minimum absolute atomic E-state index is 0.318. The molecule has 5 heteroatoms. The van der Waals surface area contributed by atoms with Crippen LogP contribution in [0.4, 0.5) is 10.2 Å². The van der Waals surface area contributed by atoms with Gasteiger partial charge in [0, 0.05) is 17.6 Å². The topological polar surface area (TPSA) is 16.1 Å². The van der Waals surface area contributed by atoms with Crippen molar-refractivity contribution in [2.75, 3.05) is 11.4 Å². The third kappa shape index (κ3) is 2.96. The van der Waals surface area contributed by atoms with Gasteiger partial charge >= 0.3 is 0 Å². The average Bonchev–Trinajstić information content (AvgIpc) is 2.79. The molecule has 0 saturated heterocycles. The average molecular weight is 271 g/mol. The summed E-state index contributed by atoms with van der Waals surface area (Å²) < 4.78 is 13.7. The van der Waals surface area contributed by atoms with E-state index in [-0.39, 0.29) is 5.82 Å². The molecule has 0 atom stereocenters. The van der Waals surface area contributed by atoms with Crippen molar-refractivity contribution in [3.8, 4) is 0 Å². The van der Waals surface area contributed by atoms with Crippen LogP contribution >= 0.6 is 22.9 Å². The second kappa shape index (κ2) is 5.47. The first kappa shape index (κ1) is 12.3. The molecule has 0 spiro atoms. The number of nitrogens with zero attached hydrogens (tertiary/aromatic N) is 2. The maximum absolute atomic E-state index is 13.7. The van der Waals surface area contributed by atoms with Crippen LogP contribution in [0.15, 0.2) is 29.8 Å². The lowest BCUT2D eigenvalue weighted by Gasteiger charge is -2.21. The highest BCUT2D eigenvalue weighted by atomic mass is 35.5. The minimum Gasteiger partial charge on any atom is -0.349 e. The molecule has 90 valence electrons. The quantitative estimate of drug-likeness (QED) is 0.836. The highest BCUT2D eigenvalue weighted by molar-refractivity contribution is 7.09. The highest BCUT2D eigenvalue weighted by Gasteiger charge is 2.12. The molecule has 0 unspecified atom stereocenters. The van der Waals surface area contributed by atoms with E-state index in [9.17, 15) is 4.39 Å². The minimum atomic E-state index is -0.379. The molecule has 0 fully saturated rings. The van der Waals surface area contributed by atoms with Gasteiger partial charge < -0.3 is 4.90 Å². The van der Waals surface area contributed by atoms with Gasteiger partial charge in [0.05, 0.1) is 11.6 Å². The number of thiophene rings is 1. The molecule has 0 N–H and O–H groups in total. The van der Waals surface area contributed by atoms with E-state index in [1.54, 1.807) is 11.3 Å². The second-order valence-electron chi connectivity index (χ2n) is 3.55. The predicted molar refractivity (Wildman–Crippen MR) is 70.2 cm³/mol. The lowest BCUT2D eigenvalue weighted by Crippen LogP contribution is -2.23. The third-order valence-corrected chi connectivity index (χ3v) is 3.46. The first-order valence-electron chi connectivity index (χ1n) is 5.29. The Morgan fingerprint density at radius 1 is 1.53 bits per heavy atom. The van der Waals surface area contributed by atoms with Crippen LogP contribution in [-0.4, -0.2) is 11.5 Å². The molecule has 0 amide bonds. The van der Waals surface area contributed by atoms with E-state index in [0.717, 1.165) is 0 Å². The highest BCUT2D eigenvalue weighted by Crippen LogP contribution is 2.22. The van der Waals surface area contributed by atoms with Crippen LogP contribution in [0.5, 0.6) is 0 Å². The summed E-state index contributed by atoms with van der Waals surface area (Å²) in [6, 6.07) is 5.31. The Bertz CT molecular complexity index is 487. The van der Waals surface area contributed by atoms with Crippen molar-refractivity contribution in [3.63, 3.8) is 0 Å². The summed E-state index contributed by atoms with van der Waals surface area (Å²) in [5, 5.41) is 2.33. The third-order valence-electron chi connectivity index (χ3n) is 2.40. The van der Waals surface area contributed by atoms with Crippen LogP contribution in [-0.2, 0) is 6.54 Å². The summed E-state index contributed by atoms with van der Waals surface area (Å²) in [6.07, 6.45) is 1.47. The van der Waals surface area contributed by atoms with E-state index < -0.39 is 0 Å². The number of aromatic nitrogens is 1. The molecule has 2 aromatic heterocycles. The van der Waals surface area contributed by atoms with Crippen LogP contribution in [0, 0.1) is 5.82 Å². The molecule has 0 radical (unpaired) electrons. The molecular formula is C12H12ClFN2S. The molecule has 0 saturated carbocycles. The fourth-order valence-corrected chi connectivity index (χ4v) is 2.43. The standard InChI is InChI=1S/C12H12ClFN2S/c1-2-16(8-10-4-3-5-17-10)12-11(14)6-9(13)7-15-12/h3-7H,2,8H2,1H3. The molecular weight excluding hydrogens is 259 g/mol. The van der Waals surface area contributed by atoms with Gasteiger partial charge in [-0.25, -0.2) is 9.37 Å². The number of hydrogen-bond donors (Lipinski definition) is 0. The summed E-state index contributed by atoms with van der Waals surface area (Å²) in [7, 11) is 0. The molecule has 0 aliphatic heterocycles. The van der Waals surface area contributed by atoms with Crippen LogP contribution in [0.2, 0.25) is 5.02 Å². The van der Waals surface area contributed by atoms with Gasteiger partial charge in [-0.3, -0.25) is 0 Å². The van der Waals surface area contributed by atoms with Gasteiger partial charge in [-0.15, -0.1) is 11.3 Å². The second-order valence-corrected chi connectivity index (χ2v) is 5.02. The molecule has 2 nitrogen and oxygen atoms in total. The summed E-state index contributed by atoms with van der Waals surface area (Å²) >= 11 is 7.34. The zero-order chi connectivity index (χ0) is 12.3. The van der Waals surface area contributed by atoms with E-state index >= 15 is 0 Å². The number of pyridine rings is 1. The molecule has 2 aromatic rings. The van der Waals surface area contributed by atoms with Gasteiger partial charge in [0.1, 0.15) is 0 Å². The summed E-state index contributed by atoms with van der Waals surface area (Å²) in [4.78, 5) is 7.12. The Balaban J connectivity index is 2.23. The largest absolute Gasteiger partial charge is 0.349 e. The fraction of sp³-hybridized carbons (Fsp3) is 0.250. The van der Waals surface area contributed by atoms with Gasteiger partial charge in [0.15, 0.2) is 11.6 Å². The first-order chi connectivity index (χ1) is 8.20. The number of hydrogen-bond acceptors (Lipinski definition) is 3. The normalized spacial score (nSPS) is 10.5. The molecule has 17 heavy (non-hydrogen) atoms. The zero-order valence-corrected chi connectivity index (χ0v) is 10.9. The predicted octanol–water partition coefficient (Wildman–Crippen LogP) is 3.96. The Morgan fingerprint density at radius 3 is 2.94 bits per heavy atom. The van der Waals surface area contributed by atoms with Crippen LogP contribution < -0.4 is 4.90 Å². The van der Waals surface area contributed by atoms with Gasteiger partial charge in [-0.1, -0.05) is 17.7 Å². The maximum Gasteiger partial charge on any atom is 0.167 e. The van der Waals surface area contributed by atoms with Gasteiger partial charge in [0.2, 0.25) is 0 Å². The monoisotopic (exact) mass is 270 g/mol. The van der Waals surface area contributed by atoms with E-state index in [1.165, 1.54) is 17.1 Å². The van der Waals surface area contributed by atoms with Crippen LogP contribution in [0.25, 0.3) is 0 Å². The molecule has 2 rings (SSSR count). The maximum atomic E-state index is 13.7. The van der Waals surface area contributed by atoms with E-state index in [0.29, 0.717) is 23.9 Å². The fourth-order valence-electron chi connectivity index (χ4n) is 1.57. The van der Waals surface area contributed by atoms with Crippen molar-refractivity contribution in [3.05, 3.63) is 45.5 Å². The molecule has 0 bridgehead atoms. The number of rotatable bonds is 4. The number of halogens is 2. The SMILES string of the molecule is CCN(Cc1cccs1)c1ncc(Cl)cc1F. The Hall–Kier alpha value is -1.13. The van der Waals surface area contributed by atoms with Crippen LogP contribution in [0.1, 0.15) is 11.8 Å². The Labute approximate surface area is 109 Å².